The minimum absolute atomic E-state index is 0.0460. The van der Waals surface area contributed by atoms with Crippen molar-refractivity contribution >= 4 is 11.8 Å². The van der Waals surface area contributed by atoms with Gasteiger partial charge < -0.3 is 9.47 Å². The summed E-state index contributed by atoms with van der Waals surface area (Å²) in [5, 5.41) is 4.15. The van der Waals surface area contributed by atoms with E-state index in [0.29, 0.717) is 5.56 Å². The van der Waals surface area contributed by atoms with Crippen molar-refractivity contribution in [1.29, 1.82) is 0 Å². The molecule has 0 N–H and O–H groups in total. The van der Waals surface area contributed by atoms with Gasteiger partial charge in [0.1, 0.15) is 6.61 Å². The molecule has 2 rings (SSSR count). The van der Waals surface area contributed by atoms with Crippen molar-refractivity contribution in [2.24, 2.45) is 7.05 Å². The van der Waals surface area contributed by atoms with Crippen LogP contribution >= 0.6 is 11.8 Å². The lowest BCUT2D eigenvalue weighted by molar-refractivity contribution is -0.141. The summed E-state index contributed by atoms with van der Waals surface area (Å²) in [7, 11) is 1.28. The highest BCUT2D eigenvalue weighted by Crippen LogP contribution is 2.32. The standard InChI is InChI=1S/C15H13F6N3O2S/c1-9-6-11(25-4-3-5-27-15(19,20)21)22-12(7-9)26-13-8-10(14(16,17)18)23-24(13)2/h3,5-8H,4H2,1-2H3/b5-3+. The van der Waals surface area contributed by atoms with Crippen molar-refractivity contribution in [3.8, 4) is 17.6 Å². The van der Waals surface area contributed by atoms with E-state index < -0.39 is 17.4 Å². The minimum Gasteiger partial charge on any atom is -0.473 e. The molecule has 2 heterocycles. The van der Waals surface area contributed by atoms with Gasteiger partial charge >= 0.3 is 11.7 Å². The third kappa shape index (κ3) is 6.70. The van der Waals surface area contributed by atoms with Gasteiger partial charge in [0.05, 0.1) is 0 Å². The number of rotatable bonds is 6. The summed E-state index contributed by atoms with van der Waals surface area (Å²) in [6.45, 7) is 1.49. The quantitative estimate of drug-likeness (QED) is 0.618. The SMILES string of the molecule is Cc1cc(OC/C=C/SC(F)(F)F)nc(Oc2cc(C(F)(F)F)nn2C)c1. The molecule has 0 aliphatic heterocycles. The van der Waals surface area contributed by atoms with Crippen LogP contribution in [0.1, 0.15) is 11.3 Å². The van der Waals surface area contributed by atoms with Gasteiger partial charge in [-0.05, 0) is 35.7 Å². The maximum Gasteiger partial charge on any atom is 0.445 e. The van der Waals surface area contributed by atoms with Gasteiger partial charge in [0.25, 0.3) is 0 Å². The molecule has 148 valence electrons. The number of alkyl halides is 6. The maximum atomic E-state index is 12.7. The Morgan fingerprint density at radius 3 is 2.37 bits per heavy atom. The molecule has 0 aliphatic rings. The Labute approximate surface area is 154 Å². The molecule has 0 unspecified atom stereocenters. The van der Waals surface area contributed by atoms with Crippen LogP contribution in [0.3, 0.4) is 0 Å². The van der Waals surface area contributed by atoms with E-state index in [-0.39, 0.29) is 36.0 Å². The predicted octanol–water partition coefficient (Wildman–Crippen LogP) is 5.08. The molecule has 0 saturated heterocycles. The van der Waals surface area contributed by atoms with Crippen LogP contribution in [0.25, 0.3) is 0 Å². The zero-order chi connectivity index (χ0) is 20.2. The first-order valence-corrected chi connectivity index (χ1v) is 8.12. The fourth-order valence-electron chi connectivity index (χ4n) is 1.82. The summed E-state index contributed by atoms with van der Waals surface area (Å²) < 4.78 is 85.4. The highest BCUT2D eigenvalue weighted by Gasteiger charge is 2.35. The lowest BCUT2D eigenvalue weighted by Crippen LogP contribution is -2.06. The molecule has 0 bridgehead atoms. The summed E-state index contributed by atoms with van der Waals surface area (Å²) in [5.74, 6) is -0.187. The number of hydrogen-bond donors (Lipinski definition) is 0. The van der Waals surface area contributed by atoms with Crippen LogP contribution in [-0.2, 0) is 13.2 Å². The van der Waals surface area contributed by atoms with Gasteiger partial charge in [-0.3, -0.25) is 0 Å². The monoisotopic (exact) mass is 413 g/mol. The average molecular weight is 413 g/mol. The van der Waals surface area contributed by atoms with Crippen LogP contribution in [0, 0.1) is 6.92 Å². The number of halogens is 6. The first kappa shape index (κ1) is 20.9. The zero-order valence-electron chi connectivity index (χ0n) is 13.9. The molecule has 0 aromatic carbocycles. The number of nitrogens with zero attached hydrogens (tertiary/aromatic N) is 3. The highest BCUT2D eigenvalue weighted by molar-refractivity contribution is 8.02. The summed E-state index contributed by atoms with van der Waals surface area (Å²) in [4.78, 5) is 3.96. The molecule has 0 aliphatic carbocycles. The van der Waals surface area contributed by atoms with Crippen molar-refractivity contribution in [3.05, 3.63) is 40.9 Å². The molecule has 0 atom stereocenters. The smallest absolute Gasteiger partial charge is 0.445 e. The van der Waals surface area contributed by atoms with Crippen LogP contribution in [0.4, 0.5) is 26.3 Å². The van der Waals surface area contributed by atoms with E-state index in [1.165, 1.54) is 19.2 Å². The minimum atomic E-state index is -4.62. The van der Waals surface area contributed by atoms with Gasteiger partial charge in [-0.2, -0.15) is 36.4 Å². The molecule has 0 spiro atoms. The predicted molar refractivity (Wildman–Crippen MR) is 85.5 cm³/mol. The summed E-state index contributed by atoms with van der Waals surface area (Å²) in [6.07, 6.45) is -3.46. The maximum absolute atomic E-state index is 12.7. The molecule has 5 nitrogen and oxygen atoms in total. The average Bonchev–Trinajstić information content (AvgIpc) is 2.86. The van der Waals surface area contributed by atoms with Crippen LogP contribution in [0.5, 0.6) is 17.6 Å². The van der Waals surface area contributed by atoms with Crippen molar-refractivity contribution in [3.63, 3.8) is 0 Å². The number of aryl methyl sites for hydroxylation is 2. The van der Waals surface area contributed by atoms with Gasteiger partial charge in [-0.25, -0.2) is 4.68 Å². The van der Waals surface area contributed by atoms with E-state index in [2.05, 4.69) is 10.1 Å². The molecule has 0 amide bonds. The van der Waals surface area contributed by atoms with Crippen LogP contribution in [0.2, 0.25) is 0 Å². The third-order valence-electron chi connectivity index (χ3n) is 2.88. The highest BCUT2D eigenvalue weighted by atomic mass is 32.2. The van der Waals surface area contributed by atoms with E-state index in [4.69, 9.17) is 9.47 Å². The summed E-state index contributed by atoms with van der Waals surface area (Å²) in [5.41, 5.74) is -4.87. The van der Waals surface area contributed by atoms with Crippen molar-refractivity contribution in [2.75, 3.05) is 6.61 Å². The second kappa shape index (κ2) is 8.11. The van der Waals surface area contributed by atoms with Gasteiger partial charge in [0, 0.05) is 25.2 Å². The molecule has 2 aromatic rings. The van der Waals surface area contributed by atoms with Gasteiger partial charge in [-0.1, -0.05) is 0 Å². The number of aromatic nitrogens is 3. The third-order valence-corrected chi connectivity index (χ3v) is 3.48. The van der Waals surface area contributed by atoms with E-state index in [1.807, 2.05) is 0 Å². The number of ether oxygens (including phenoxy) is 2. The van der Waals surface area contributed by atoms with E-state index in [1.54, 1.807) is 6.92 Å². The number of hydrogen-bond acceptors (Lipinski definition) is 5. The van der Waals surface area contributed by atoms with Crippen LogP contribution < -0.4 is 9.47 Å². The fourth-order valence-corrected chi connectivity index (χ4v) is 2.15. The Morgan fingerprint density at radius 1 is 1.11 bits per heavy atom. The second-order valence-electron chi connectivity index (χ2n) is 5.16. The molecule has 0 radical (unpaired) electrons. The fraction of sp³-hybridized carbons (Fsp3) is 0.333. The van der Waals surface area contributed by atoms with Crippen molar-refractivity contribution in [1.82, 2.24) is 14.8 Å². The number of thioether (sulfide) groups is 1. The molecule has 0 fully saturated rings. The Kier molecular flexibility index (Phi) is 6.29. The van der Waals surface area contributed by atoms with Gasteiger partial charge in [0.2, 0.25) is 17.6 Å². The molecular formula is C15H13F6N3O2S. The molecule has 27 heavy (non-hydrogen) atoms. The number of pyridine rings is 1. The Bertz CT molecular complexity index is 817. The van der Waals surface area contributed by atoms with Crippen molar-refractivity contribution < 1.29 is 35.8 Å². The van der Waals surface area contributed by atoms with Gasteiger partial charge in [-0.15, -0.1) is 0 Å². The largest absolute Gasteiger partial charge is 0.473 e. The van der Waals surface area contributed by atoms with Crippen molar-refractivity contribution in [2.45, 2.75) is 18.6 Å². The molecule has 2 aromatic heterocycles. The summed E-state index contributed by atoms with van der Waals surface area (Å²) in [6, 6.07) is 3.69. The van der Waals surface area contributed by atoms with E-state index >= 15 is 0 Å². The van der Waals surface area contributed by atoms with Crippen LogP contribution in [-0.4, -0.2) is 26.9 Å². The topological polar surface area (TPSA) is 49.2 Å². The first-order valence-electron chi connectivity index (χ1n) is 7.24. The Hall–Kier alpha value is -2.37. The van der Waals surface area contributed by atoms with E-state index in [9.17, 15) is 26.3 Å². The Balaban J connectivity index is 2.06. The van der Waals surface area contributed by atoms with Crippen LogP contribution in [0.15, 0.2) is 29.7 Å². The lowest BCUT2D eigenvalue weighted by Gasteiger charge is -2.08. The second-order valence-corrected chi connectivity index (χ2v) is 6.13. The Morgan fingerprint density at radius 2 is 1.78 bits per heavy atom. The first-order chi connectivity index (χ1) is 12.4. The normalized spacial score (nSPS) is 12.6. The lowest BCUT2D eigenvalue weighted by atomic mass is 10.3. The molecule has 12 heteroatoms. The zero-order valence-corrected chi connectivity index (χ0v) is 14.7. The van der Waals surface area contributed by atoms with Gasteiger partial charge in [0.15, 0.2) is 5.69 Å². The summed E-state index contributed by atoms with van der Waals surface area (Å²) >= 11 is -0.325. The van der Waals surface area contributed by atoms with E-state index in [0.717, 1.165) is 22.2 Å². The molecule has 0 saturated carbocycles. The molecular weight excluding hydrogens is 400 g/mol.